The van der Waals surface area contributed by atoms with Crippen LogP contribution in [0.25, 0.3) is 0 Å². The van der Waals surface area contributed by atoms with E-state index in [1.54, 1.807) is 13.8 Å². The zero-order valence-corrected chi connectivity index (χ0v) is 16.1. The highest BCUT2D eigenvalue weighted by molar-refractivity contribution is 5.41. The lowest BCUT2D eigenvalue weighted by Crippen LogP contribution is -2.31. The van der Waals surface area contributed by atoms with Gasteiger partial charge in [0, 0.05) is 45.1 Å². The Morgan fingerprint density at radius 1 is 0.815 bits per heavy atom. The first-order chi connectivity index (χ1) is 12.8. The van der Waals surface area contributed by atoms with Crippen LogP contribution in [0, 0.1) is 13.8 Å². The maximum atomic E-state index is 12.8. The van der Waals surface area contributed by atoms with Crippen LogP contribution in [0.2, 0.25) is 0 Å². The third-order valence-electron chi connectivity index (χ3n) is 4.56. The van der Waals surface area contributed by atoms with Crippen LogP contribution < -0.4 is 11.1 Å². The Kier molecular flexibility index (Phi) is 6.81. The molecule has 0 aliphatic heterocycles. The second kappa shape index (κ2) is 8.88. The summed E-state index contributed by atoms with van der Waals surface area (Å²) in [5.74, 6) is -0.400. The van der Waals surface area contributed by atoms with E-state index in [4.69, 9.17) is 9.47 Å². The number of ether oxygens (including phenoxy) is 2. The molecule has 0 unspecified atom stereocenters. The molecule has 2 aromatic heterocycles. The molecule has 0 saturated carbocycles. The molecule has 0 aliphatic rings. The number of rotatable bonds is 8. The van der Waals surface area contributed by atoms with Crippen molar-refractivity contribution in [2.75, 3.05) is 27.4 Å². The van der Waals surface area contributed by atoms with Gasteiger partial charge in [-0.1, -0.05) is 0 Å². The Labute approximate surface area is 157 Å². The minimum Gasteiger partial charge on any atom is -0.507 e. The molecule has 0 bridgehead atoms. The fourth-order valence-electron chi connectivity index (χ4n) is 3.02. The Balaban J connectivity index is 2.54. The number of aromatic nitrogens is 2. The smallest absolute Gasteiger partial charge is 0.258 e. The summed E-state index contributed by atoms with van der Waals surface area (Å²) in [6.07, 6.45) is -0.171. The molecule has 0 amide bonds. The Hall–Kier alpha value is -2.58. The Bertz CT molecular complexity index is 854. The quantitative estimate of drug-likeness (QED) is 0.708. The number of aryl methyl sites for hydroxylation is 2. The number of pyridine rings is 2. The van der Waals surface area contributed by atoms with Gasteiger partial charge in [0.15, 0.2) is 0 Å². The highest BCUT2D eigenvalue weighted by atomic mass is 16.5. The number of nitrogens with zero attached hydrogens (tertiary/aromatic N) is 2. The van der Waals surface area contributed by atoms with Crippen LogP contribution in [-0.2, 0) is 29.0 Å². The van der Waals surface area contributed by atoms with E-state index in [2.05, 4.69) is 0 Å². The minimum atomic E-state index is -0.410. The molecule has 8 nitrogen and oxygen atoms in total. The largest absolute Gasteiger partial charge is 0.507 e. The van der Waals surface area contributed by atoms with Crippen LogP contribution in [-0.4, -0.2) is 46.8 Å². The van der Waals surface area contributed by atoms with E-state index in [-0.39, 0.29) is 29.0 Å². The lowest BCUT2D eigenvalue weighted by atomic mass is 10.0. The normalized spacial score (nSPS) is 11.1. The third kappa shape index (κ3) is 4.40. The second-order valence-electron chi connectivity index (χ2n) is 6.37. The SMILES string of the molecule is COCCn1c(C)cc(O)c(Cc2c(O)cc(C)n(CCOC)c2=O)c1=O. The summed E-state index contributed by atoms with van der Waals surface area (Å²) in [6.45, 7) is 4.75. The molecule has 2 heterocycles. The zero-order valence-electron chi connectivity index (χ0n) is 16.1. The van der Waals surface area contributed by atoms with Gasteiger partial charge < -0.3 is 28.8 Å². The maximum Gasteiger partial charge on any atom is 0.258 e. The van der Waals surface area contributed by atoms with Crippen molar-refractivity contribution in [3.8, 4) is 11.5 Å². The summed E-state index contributed by atoms with van der Waals surface area (Å²) >= 11 is 0. The van der Waals surface area contributed by atoms with Crippen LogP contribution in [0.1, 0.15) is 22.5 Å². The van der Waals surface area contributed by atoms with Gasteiger partial charge in [-0.15, -0.1) is 0 Å². The van der Waals surface area contributed by atoms with E-state index in [0.29, 0.717) is 37.7 Å². The molecule has 0 atom stereocenters. The monoisotopic (exact) mass is 378 g/mol. The molecular formula is C19H26N2O6. The van der Waals surface area contributed by atoms with Crippen molar-refractivity contribution in [3.05, 3.63) is 55.4 Å². The molecule has 148 valence electrons. The van der Waals surface area contributed by atoms with Crippen LogP contribution in [0.4, 0.5) is 0 Å². The molecule has 2 aromatic rings. The number of aromatic hydroxyl groups is 2. The predicted octanol–water partition coefficient (Wildman–Crippen LogP) is 0.922. The highest BCUT2D eigenvalue weighted by Crippen LogP contribution is 2.22. The van der Waals surface area contributed by atoms with Gasteiger partial charge in [-0.25, -0.2) is 0 Å². The second-order valence-corrected chi connectivity index (χ2v) is 6.37. The van der Waals surface area contributed by atoms with Gasteiger partial charge in [0.2, 0.25) is 0 Å². The summed E-state index contributed by atoms with van der Waals surface area (Å²) in [6, 6.07) is 2.95. The van der Waals surface area contributed by atoms with Crippen molar-refractivity contribution >= 4 is 0 Å². The highest BCUT2D eigenvalue weighted by Gasteiger charge is 2.19. The number of hydrogen-bond donors (Lipinski definition) is 2. The average molecular weight is 378 g/mol. The van der Waals surface area contributed by atoms with E-state index in [9.17, 15) is 19.8 Å². The van der Waals surface area contributed by atoms with Crippen molar-refractivity contribution < 1.29 is 19.7 Å². The van der Waals surface area contributed by atoms with Gasteiger partial charge in [-0.2, -0.15) is 0 Å². The van der Waals surface area contributed by atoms with E-state index >= 15 is 0 Å². The molecular weight excluding hydrogens is 352 g/mol. The molecule has 0 aromatic carbocycles. The number of methoxy groups -OCH3 is 2. The summed E-state index contributed by atoms with van der Waals surface area (Å²) in [4.78, 5) is 25.6. The van der Waals surface area contributed by atoms with Crippen LogP contribution in [0.5, 0.6) is 11.5 Å². The van der Waals surface area contributed by atoms with E-state index in [1.807, 2.05) is 0 Å². The van der Waals surface area contributed by atoms with Crippen LogP contribution >= 0.6 is 0 Å². The van der Waals surface area contributed by atoms with Crippen molar-refractivity contribution in [1.82, 2.24) is 9.13 Å². The standard InChI is InChI=1S/C19H26N2O6/c1-12-9-16(22)14(18(24)20(12)5-7-26-3)11-15-17(23)10-13(2)21(19(15)25)6-8-27-4/h9-10,22-23H,5-8,11H2,1-4H3. The van der Waals surface area contributed by atoms with Gasteiger partial charge in [0.1, 0.15) is 11.5 Å². The molecule has 2 rings (SSSR count). The van der Waals surface area contributed by atoms with Crippen LogP contribution in [0.3, 0.4) is 0 Å². The zero-order chi connectivity index (χ0) is 20.1. The lowest BCUT2D eigenvalue weighted by Gasteiger charge is -2.15. The van der Waals surface area contributed by atoms with Gasteiger partial charge in [-0.3, -0.25) is 9.59 Å². The van der Waals surface area contributed by atoms with Gasteiger partial charge >= 0.3 is 0 Å². The first-order valence-electron chi connectivity index (χ1n) is 8.64. The molecule has 2 N–H and O–H groups in total. The molecule has 27 heavy (non-hydrogen) atoms. The maximum absolute atomic E-state index is 12.8. The Morgan fingerprint density at radius 2 is 1.19 bits per heavy atom. The van der Waals surface area contributed by atoms with Gasteiger partial charge in [-0.05, 0) is 26.0 Å². The van der Waals surface area contributed by atoms with Gasteiger partial charge in [0.05, 0.1) is 24.3 Å². The fraction of sp³-hybridized carbons (Fsp3) is 0.474. The van der Waals surface area contributed by atoms with Crippen molar-refractivity contribution in [2.24, 2.45) is 0 Å². The molecule has 0 saturated heterocycles. The molecule has 0 fully saturated rings. The minimum absolute atomic E-state index is 0.0613. The summed E-state index contributed by atoms with van der Waals surface area (Å²) in [5, 5.41) is 20.6. The fourth-order valence-corrected chi connectivity index (χ4v) is 3.02. The molecule has 0 spiro atoms. The molecule has 0 radical (unpaired) electrons. The van der Waals surface area contributed by atoms with Crippen molar-refractivity contribution in [1.29, 1.82) is 0 Å². The van der Waals surface area contributed by atoms with E-state index in [1.165, 1.54) is 35.5 Å². The Morgan fingerprint density at radius 3 is 1.52 bits per heavy atom. The topological polar surface area (TPSA) is 103 Å². The van der Waals surface area contributed by atoms with E-state index in [0.717, 1.165) is 0 Å². The third-order valence-corrected chi connectivity index (χ3v) is 4.56. The van der Waals surface area contributed by atoms with Crippen LogP contribution in [0.15, 0.2) is 21.7 Å². The summed E-state index contributed by atoms with van der Waals surface area (Å²) < 4.78 is 13.0. The van der Waals surface area contributed by atoms with Crippen molar-refractivity contribution in [3.63, 3.8) is 0 Å². The number of hydrogen-bond acceptors (Lipinski definition) is 6. The predicted molar refractivity (Wildman–Crippen MR) is 101 cm³/mol. The van der Waals surface area contributed by atoms with Gasteiger partial charge in [0.25, 0.3) is 11.1 Å². The summed E-state index contributed by atoms with van der Waals surface area (Å²) in [5.41, 5.74) is 0.477. The summed E-state index contributed by atoms with van der Waals surface area (Å²) in [7, 11) is 3.07. The lowest BCUT2D eigenvalue weighted by molar-refractivity contribution is 0.185. The average Bonchev–Trinajstić information content (AvgIpc) is 2.60. The first kappa shape index (κ1) is 20.7. The van der Waals surface area contributed by atoms with Crippen molar-refractivity contribution in [2.45, 2.75) is 33.4 Å². The molecule has 8 heteroatoms. The first-order valence-corrected chi connectivity index (χ1v) is 8.64. The molecule has 0 aliphatic carbocycles. The van der Waals surface area contributed by atoms with E-state index < -0.39 is 11.1 Å².